The smallest absolute Gasteiger partial charge is 0.0543 e. The Morgan fingerprint density at radius 1 is 1.40 bits per heavy atom. The number of aliphatic hydroxyl groups excluding tert-OH is 1. The Bertz CT molecular complexity index is 121. The van der Waals surface area contributed by atoms with Crippen LogP contribution in [-0.4, -0.2) is 11.2 Å². The first kappa shape index (κ1) is 8.06. The Balaban J connectivity index is 2.39. The summed E-state index contributed by atoms with van der Waals surface area (Å²) >= 11 is 0. The normalized spacial score (nSPS) is 35.7. The Labute approximate surface area is 63.4 Å². The fourth-order valence-corrected chi connectivity index (χ4v) is 1.74. The minimum Gasteiger partial charge on any atom is -0.393 e. The van der Waals surface area contributed by atoms with Crippen molar-refractivity contribution >= 4 is 0 Å². The summed E-state index contributed by atoms with van der Waals surface area (Å²) in [4.78, 5) is 0. The molecule has 1 nitrogen and oxygen atoms in total. The standard InChI is InChI=1S/C9H18O/c1-6(10)7-5-8(7)9(2,3)4/h6-8,10H,5H2,1-4H3/t6-,7+,8+/m0/s1. The summed E-state index contributed by atoms with van der Waals surface area (Å²) in [5, 5.41) is 9.23. The van der Waals surface area contributed by atoms with Crippen LogP contribution < -0.4 is 0 Å². The molecule has 1 saturated carbocycles. The molecule has 0 bridgehead atoms. The second-order valence-electron chi connectivity index (χ2n) is 4.61. The molecule has 0 heterocycles. The zero-order valence-corrected chi connectivity index (χ0v) is 7.39. The van der Waals surface area contributed by atoms with Gasteiger partial charge in [-0.1, -0.05) is 20.8 Å². The lowest BCUT2D eigenvalue weighted by molar-refractivity contribution is 0.149. The molecule has 1 rings (SSSR count). The first-order valence-electron chi connectivity index (χ1n) is 4.11. The van der Waals surface area contributed by atoms with Gasteiger partial charge < -0.3 is 5.11 Å². The highest BCUT2D eigenvalue weighted by molar-refractivity contribution is 4.96. The summed E-state index contributed by atoms with van der Waals surface area (Å²) in [6.07, 6.45) is 1.13. The molecule has 0 aliphatic heterocycles. The first-order valence-corrected chi connectivity index (χ1v) is 4.11. The largest absolute Gasteiger partial charge is 0.393 e. The van der Waals surface area contributed by atoms with Crippen LogP contribution >= 0.6 is 0 Å². The lowest BCUT2D eigenvalue weighted by atomic mass is 9.88. The molecule has 0 spiro atoms. The zero-order valence-electron chi connectivity index (χ0n) is 7.39. The van der Waals surface area contributed by atoms with Crippen LogP contribution in [0.25, 0.3) is 0 Å². The molecule has 1 fully saturated rings. The molecular formula is C9H18O. The highest BCUT2D eigenvalue weighted by atomic mass is 16.3. The van der Waals surface area contributed by atoms with E-state index in [4.69, 9.17) is 0 Å². The number of hydrogen-bond donors (Lipinski definition) is 1. The van der Waals surface area contributed by atoms with Crippen molar-refractivity contribution in [3.8, 4) is 0 Å². The number of aliphatic hydroxyl groups is 1. The van der Waals surface area contributed by atoms with Gasteiger partial charge in [0.2, 0.25) is 0 Å². The van der Waals surface area contributed by atoms with Crippen LogP contribution in [0.2, 0.25) is 0 Å². The maximum absolute atomic E-state index is 9.23. The molecule has 10 heavy (non-hydrogen) atoms. The summed E-state index contributed by atoms with van der Waals surface area (Å²) in [6, 6.07) is 0. The van der Waals surface area contributed by atoms with E-state index < -0.39 is 0 Å². The predicted octanol–water partition coefficient (Wildman–Crippen LogP) is 2.05. The molecule has 3 atom stereocenters. The molecule has 1 N–H and O–H groups in total. The molecule has 0 saturated heterocycles. The third-order valence-corrected chi connectivity index (χ3v) is 2.57. The molecular weight excluding hydrogens is 124 g/mol. The van der Waals surface area contributed by atoms with Crippen molar-refractivity contribution in [2.24, 2.45) is 17.3 Å². The van der Waals surface area contributed by atoms with Gasteiger partial charge in [0.15, 0.2) is 0 Å². The van der Waals surface area contributed by atoms with E-state index in [1.54, 1.807) is 0 Å². The van der Waals surface area contributed by atoms with E-state index in [1.165, 1.54) is 6.42 Å². The third-order valence-electron chi connectivity index (χ3n) is 2.57. The third kappa shape index (κ3) is 1.51. The fraction of sp³-hybridized carbons (Fsp3) is 1.00. The van der Waals surface area contributed by atoms with Crippen molar-refractivity contribution in [3.63, 3.8) is 0 Å². The fourth-order valence-electron chi connectivity index (χ4n) is 1.74. The topological polar surface area (TPSA) is 20.2 Å². The maximum Gasteiger partial charge on any atom is 0.0543 e. The van der Waals surface area contributed by atoms with Crippen molar-refractivity contribution in [1.29, 1.82) is 0 Å². The molecule has 1 aliphatic rings. The first-order chi connectivity index (χ1) is 4.43. The minimum absolute atomic E-state index is 0.0933. The summed E-state index contributed by atoms with van der Waals surface area (Å²) in [5.74, 6) is 1.34. The number of hydrogen-bond acceptors (Lipinski definition) is 1. The molecule has 0 aromatic rings. The minimum atomic E-state index is -0.0933. The Morgan fingerprint density at radius 3 is 2.00 bits per heavy atom. The van der Waals surface area contributed by atoms with Crippen LogP contribution in [0.1, 0.15) is 34.1 Å². The summed E-state index contributed by atoms with van der Waals surface area (Å²) < 4.78 is 0. The molecule has 0 unspecified atom stereocenters. The average molecular weight is 142 g/mol. The Hall–Kier alpha value is -0.0400. The van der Waals surface area contributed by atoms with Crippen LogP contribution in [0.5, 0.6) is 0 Å². The van der Waals surface area contributed by atoms with E-state index in [2.05, 4.69) is 20.8 Å². The number of rotatable bonds is 1. The van der Waals surface area contributed by atoms with E-state index in [9.17, 15) is 5.11 Å². The van der Waals surface area contributed by atoms with E-state index >= 15 is 0 Å². The van der Waals surface area contributed by atoms with Gasteiger partial charge >= 0.3 is 0 Å². The van der Waals surface area contributed by atoms with Gasteiger partial charge in [-0.2, -0.15) is 0 Å². The van der Waals surface area contributed by atoms with Gasteiger partial charge in [-0.05, 0) is 30.6 Å². The van der Waals surface area contributed by atoms with Crippen LogP contribution in [0.15, 0.2) is 0 Å². The zero-order chi connectivity index (χ0) is 7.94. The van der Waals surface area contributed by atoms with Crippen molar-refractivity contribution in [1.82, 2.24) is 0 Å². The van der Waals surface area contributed by atoms with E-state index in [0.717, 1.165) is 5.92 Å². The van der Waals surface area contributed by atoms with Crippen molar-refractivity contribution in [2.75, 3.05) is 0 Å². The maximum atomic E-state index is 9.23. The van der Waals surface area contributed by atoms with Crippen LogP contribution in [0.4, 0.5) is 0 Å². The molecule has 1 aliphatic carbocycles. The second kappa shape index (κ2) is 2.23. The lowest BCUT2D eigenvalue weighted by Crippen LogP contribution is -2.14. The monoisotopic (exact) mass is 142 g/mol. The van der Waals surface area contributed by atoms with Gasteiger partial charge in [0, 0.05) is 0 Å². The highest BCUT2D eigenvalue weighted by Crippen LogP contribution is 2.52. The van der Waals surface area contributed by atoms with Gasteiger partial charge in [0.05, 0.1) is 6.10 Å². The second-order valence-corrected chi connectivity index (χ2v) is 4.61. The van der Waals surface area contributed by atoms with Crippen LogP contribution in [0.3, 0.4) is 0 Å². The van der Waals surface area contributed by atoms with Crippen LogP contribution in [0, 0.1) is 17.3 Å². The summed E-state index contributed by atoms with van der Waals surface area (Å²) in [7, 11) is 0. The Morgan fingerprint density at radius 2 is 1.90 bits per heavy atom. The van der Waals surface area contributed by atoms with Crippen molar-refractivity contribution < 1.29 is 5.11 Å². The van der Waals surface area contributed by atoms with E-state index in [0.29, 0.717) is 11.3 Å². The van der Waals surface area contributed by atoms with E-state index in [-0.39, 0.29) is 6.10 Å². The van der Waals surface area contributed by atoms with Gasteiger partial charge in [0.1, 0.15) is 0 Å². The van der Waals surface area contributed by atoms with Crippen molar-refractivity contribution in [3.05, 3.63) is 0 Å². The average Bonchev–Trinajstić information content (AvgIpc) is 2.35. The van der Waals surface area contributed by atoms with Gasteiger partial charge in [-0.3, -0.25) is 0 Å². The Kier molecular flexibility index (Phi) is 1.80. The van der Waals surface area contributed by atoms with Gasteiger partial charge in [-0.15, -0.1) is 0 Å². The molecule has 0 amide bonds. The SMILES string of the molecule is C[C@H](O)[C@H]1C[C@H]1C(C)(C)C. The molecule has 0 aromatic carbocycles. The molecule has 0 aromatic heterocycles. The van der Waals surface area contributed by atoms with Crippen molar-refractivity contribution in [2.45, 2.75) is 40.2 Å². The quantitative estimate of drug-likeness (QED) is 0.594. The molecule has 60 valence electrons. The summed E-state index contributed by atoms with van der Waals surface area (Å²) in [5.41, 5.74) is 0.404. The lowest BCUT2D eigenvalue weighted by Gasteiger charge is -2.18. The van der Waals surface area contributed by atoms with Gasteiger partial charge in [0.25, 0.3) is 0 Å². The molecule has 0 radical (unpaired) electrons. The predicted molar refractivity (Wildman–Crippen MR) is 42.7 cm³/mol. The van der Waals surface area contributed by atoms with Gasteiger partial charge in [-0.25, -0.2) is 0 Å². The van der Waals surface area contributed by atoms with Crippen LogP contribution in [-0.2, 0) is 0 Å². The highest BCUT2D eigenvalue weighted by Gasteiger charge is 2.47. The summed E-state index contributed by atoms with van der Waals surface area (Å²) in [6.45, 7) is 8.65. The van der Waals surface area contributed by atoms with E-state index in [1.807, 2.05) is 6.92 Å². The molecule has 1 heteroatoms.